The molecule has 1 aliphatic carbocycles. The molecular weight excluding hydrogens is 250 g/mol. The highest BCUT2D eigenvalue weighted by Crippen LogP contribution is 2.32. The lowest BCUT2D eigenvalue weighted by Gasteiger charge is -2.16. The van der Waals surface area contributed by atoms with E-state index in [1.807, 2.05) is 13.8 Å². The Morgan fingerprint density at radius 1 is 1.25 bits per heavy atom. The minimum absolute atomic E-state index is 0.196. The average molecular weight is 271 g/mol. The van der Waals surface area contributed by atoms with Gasteiger partial charge >= 0.3 is 0 Å². The fraction of sp³-hybridized carbons (Fsp3) is 0.500. The lowest BCUT2D eigenvalue weighted by atomic mass is 10.0. The van der Waals surface area contributed by atoms with Crippen LogP contribution in [-0.4, -0.2) is 15.7 Å². The van der Waals surface area contributed by atoms with Crippen LogP contribution in [0.4, 0.5) is 0 Å². The van der Waals surface area contributed by atoms with Crippen LogP contribution >= 0.6 is 0 Å². The molecule has 20 heavy (non-hydrogen) atoms. The molecular formula is C16H21N3O. The quantitative estimate of drug-likeness (QED) is 0.928. The standard InChI is InChI=1S/C16H21N3O/c1-16(2,17)8-7-14-18-15(19-20-14)13-9-11-5-3-4-6-12(11)10-13/h3-6,13H,7-10,17H2,1-2H3. The van der Waals surface area contributed by atoms with Crippen molar-refractivity contribution in [1.29, 1.82) is 0 Å². The number of rotatable bonds is 4. The SMILES string of the molecule is CC(C)(N)CCc1nc(C2Cc3ccccc3C2)no1. The van der Waals surface area contributed by atoms with Gasteiger partial charge in [-0.15, -0.1) is 0 Å². The first-order valence-electron chi connectivity index (χ1n) is 7.19. The van der Waals surface area contributed by atoms with E-state index in [0.717, 1.165) is 31.5 Å². The molecule has 1 heterocycles. The van der Waals surface area contributed by atoms with Crippen molar-refractivity contribution in [3.63, 3.8) is 0 Å². The number of hydrogen-bond donors (Lipinski definition) is 1. The summed E-state index contributed by atoms with van der Waals surface area (Å²) in [4.78, 5) is 4.55. The Balaban J connectivity index is 1.67. The summed E-state index contributed by atoms with van der Waals surface area (Å²) < 4.78 is 5.35. The summed E-state index contributed by atoms with van der Waals surface area (Å²) in [7, 11) is 0. The van der Waals surface area contributed by atoms with E-state index in [2.05, 4.69) is 34.4 Å². The largest absolute Gasteiger partial charge is 0.339 e. The van der Waals surface area contributed by atoms with Crippen molar-refractivity contribution in [2.24, 2.45) is 5.73 Å². The number of benzene rings is 1. The van der Waals surface area contributed by atoms with Gasteiger partial charge in [0.15, 0.2) is 5.82 Å². The smallest absolute Gasteiger partial charge is 0.226 e. The van der Waals surface area contributed by atoms with Crippen molar-refractivity contribution in [2.75, 3.05) is 0 Å². The van der Waals surface area contributed by atoms with Crippen molar-refractivity contribution in [2.45, 2.75) is 51.0 Å². The number of aryl methyl sites for hydroxylation is 1. The van der Waals surface area contributed by atoms with Crippen LogP contribution in [0.25, 0.3) is 0 Å². The Labute approximate surface area is 119 Å². The molecule has 2 aromatic rings. The van der Waals surface area contributed by atoms with Gasteiger partial charge < -0.3 is 10.3 Å². The molecule has 4 nitrogen and oxygen atoms in total. The molecule has 0 radical (unpaired) electrons. The lowest BCUT2D eigenvalue weighted by molar-refractivity contribution is 0.352. The van der Waals surface area contributed by atoms with Crippen molar-refractivity contribution in [1.82, 2.24) is 10.1 Å². The zero-order chi connectivity index (χ0) is 14.2. The van der Waals surface area contributed by atoms with Gasteiger partial charge in [-0.05, 0) is 44.2 Å². The molecule has 0 spiro atoms. The van der Waals surface area contributed by atoms with Crippen molar-refractivity contribution in [3.8, 4) is 0 Å². The molecule has 1 aromatic carbocycles. The van der Waals surface area contributed by atoms with E-state index >= 15 is 0 Å². The van der Waals surface area contributed by atoms with Crippen LogP contribution in [0.15, 0.2) is 28.8 Å². The van der Waals surface area contributed by atoms with E-state index in [9.17, 15) is 0 Å². The Kier molecular flexibility index (Phi) is 3.34. The van der Waals surface area contributed by atoms with Crippen molar-refractivity contribution in [3.05, 3.63) is 47.1 Å². The maximum atomic E-state index is 5.98. The van der Waals surface area contributed by atoms with E-state index in [4.69, 9.17) is 10.3 Å². The summed E-state index contributed by atoms with van der Waals surface area (Å²) >= 11 is 0. The average Bonchev–Trinajstić information content (AvgIpc) is 3.01. The predicted octanol–water partition coefficient (Wildman–Crippen LogP) is 2.62. The van der Waals surface area contributed by atoms with Gasteiger partial charge in [0.25, 0.3) is 0 Å². The third-order valence-corrected chi connectivity index (χ3v) is 3.88. The molecule has 4 heteroatoms. The number of aromatic nitrogens is 2. The van der Waals surface area contributed by atoms with Gasteiger partial charge in [0.05, 0.1) is 0 Å². The van der Waals surface area contributed by atoms with Crippen LogP contribution in [0.2, 0.25) is 0 Å². The highest BCUT2D eigenvalue weighted by atomic mass is 16.5. The topological polar surface area (TPSA) is 64.9 Å². The summed E-state index contributed by atoms with van der Waals surface area (Å²) in [5, 5.41) is 4.15. The molecule has 0 saturated carbocycles. The zero-order valence-electron chi connectivity index (χ0n) is 12.1. The summed E-state index contributed by atoms with van der Waals surface area (Å²) in [5.41, 5.74) is 8.60. The molecule has 1 aromatic heterocycles. The highest BCUT2D eigenvalue weighted by molar-refractivity contribution is 5.34. The van der Waals surface area contributed by atoms with Gasteiger partial charge in [-0.3, -0.25) is 0 Å². The molecule has 1 aliphatic rings. The van der Waals surface area contributed by atoms with Crippen LogP contribution in [0.5, 0.6) is 0 Å². The number of fused-ring (bicyclic) bond motifs is 1. The Morgan fingerprint density at radius 3 is 2.50 bits per heavy atom. The molecule has 2 N–H and O–H groups in total. The van der Waals surface area contributed by atoms with Crippen LogP contribution < -0.4 is 5.73 Å². The summed E-state index contributed by atoms with van der Waals surface area (Å²) in [6, 6.07) is 8.55. The van der Waals surface area contributed by atoms with E-state index in [1.165, 1.54) is 11.1 Å². The molecule has 0 aliphatic heterocycles. The molecule has 0 amide bonds. The van der Waals surface area contributed by atoms with Crippen LogP contribution in [0.1, 0.15) is 49.0 Å². The van der Waals surface area contributed by atoms with E-state index in [1.54, 1.807) is 0 Å². The van der Waals surface area contributed by atoms with Crippen molar-refractivity contribution >= 4 is 0 Å². The number of nitrogens with zero attached hydrogens (tertiary/aromatic N) is 2. The molecule has 3 rings (SSSR count). The highest BCUT2D eigenvalue weighted by Gasteiger charge is 2.26. The molecule has 0 bridgehead atoms. The minimum Gasteiger partial charge on any atom is -0.339 e. The van der Waals surface area contributed by atoms with Gasteiger partial charge in [0.1, 0.15) is 0 Å². The monoisotopic (exact) mass is 271 g/mol. The third kappa shape index (κ3) is 2.90. The first-order valence-corrected chi connectivity index (χ1v) is 7.19. The Hall–Kier alpha value is -1.68. The van der Waals surface area contributed by atoms with Gasteiger partial charge in [-0.2, -0.15) is 4.98 Å². The van der Waals surface area contributed by atoms with Gasteiger partial charge in [0.2, 0.25) is 5.89 Å². The Morgan fingerprint density at radius 2 is 1.90 bits per heavy atom. The molecule has 0 fully saturated rings. The fourth-order valence-corrected chi connectivity index (χ4v) is 2.71. The minimum atomic E-state index is -0.196. The summed E-state index contributed by atoms with van der Waals surface area (Å²) in [6.07, 6.45) is 3.62. The maximum Gasteiger partial charge on any atom is 0.226 e. The molecule has 0 saturated heterocycles. The molecule has 0 atom stereocenters. The van der Waals surface area contributed by atoms with Crippen molar-refractivity contribution < 1.29 is 4.52 Å². The van der Waals surface area contributed by atoms with Gasteiger partial charge in [-0.1, -0.05) is 29.4 Å². The van der Waals surface area contributed by atoms with Gasteiger partial charge in [-0.25, -0.2) is 0 Å². The normalized spacial score (nSPS) is 15.6. The molecule has 0 unspecified atom stereocenters. The predicted molar refractivity (Wildman–Crippen MR) is 77.5 cm³/mol. The third-order valence-electron chi connectivity index (χ3n) is 3.88. The van der Waals surface area contributed by atoms with E-state index in [-0.39, 0.29) is 5.54 Å². The second kappa shape index (κ2) is 5.02. The van der Waals surface area contributed by atoms with Crippen LogP contribution in [0, 0.1) is 0 Å². The van der Waals surface area contributed by atoms with Gasteiger partial charge in [0, 0.05) is 17.9 Å². The maximum absolute atomic E-state index is 5.98. The summed E-state index contributed by atoms with van der Waals surface area (Å²) in [5.74, 6) is 1.90. The zero-order valence-corrected chi connectivity index (χ0v) is 12.1. The second-order valence-electron chi connectivity index (χ2n) is 6.41. The first kappa shape index (κ1) is 13.3. The second-order valence-corrected chi connectivity index (χ2v) is 6.41. The fourth-order valence-electron chi connectivity index (χ4n) is 2.71. The Bertz CT molecular complexity index is 573. The first-order chi connectivity index (χ1) is 9.51. The van der Waals surface area contributed by atoms with E-state index in [0.29, 0.717) is 11.8 Å². The van der Waals surface area contributed by atoms with Crippen LogP contribution in [0.3, 0.4) is 0 Å². The summed E-state index contributed by atoms with van der Waals surface area (Å²) in [6.45, 7) is 4.02. The number of nitrogens with two attached hydrogens (primary N) is 1. The number of hydrogen-bond acceptors (Lipinski definition) is 4. The van der Waals surface area contributed by atoms with E-state index < -0.39 is 0 Å². The van der Waals surface area contributed by atoms with Crippen LogP contribution in [-0.2, 0) is 19.3 Å². The molecule has 106 valence electrons. The lowest BCUT2D eigenvalue weighted by Crippen LogP contribution is -2.32.